The molecule has 1 aliphatic carbocycles. The lowest BCUT2D eigenvalue weighted by molar-refractivity contribution is 0.215. The largest absolute Gasteiger partial charge is 0.330 e. The van der Waals surface area contributed by atoms with E-state index in [1.54, 1.807) is 0 Å². The second kappa shape index (κ2) is 6.49. The van der Waals surface area contributed by atoms with Crippen LogP contribution in [0.1, 0.15) is 64.7 Å². The Hall–Kier alpha value is -0.0800. The van der Waals surface area contributed by atoms with Gasteiger partial charge in [-0.05, 0) is 37.6 Å². The Bertz CT molecular complexity index is 170. The van der Waals surface area contributed by atoms with Crippen LogP contribution in [0.5, 0.6) is 0 Å². The molecule has 0 aromatic heterocycles. The second-order valence-corrected chi connectivity index (χ2v) is 5.62. The Morgan fingerprint density at radius 2 is 1.80 bits per heavy atom. The maximum atomic E-state index is 6.19. The van der Waals surface area contributed by atoms with E-state index in [4.69, 9.17) is 11.5 Å². The fraction of sp³-hybridized carbons (Fsp3) is 1.00. The molecular weight excluding hydrogens is 184 g/mol. The van der Waals surface area contributed by atoms with Crippen molar-refractivity contribution in [2.45, 2.75) is 70.8 Å². The average molecular weight is 212 g/mol. The molecule has 2 atom stereocenters. The van der Waals surface area contributed by atoms with E-state index >= 15 is 0 Å². The Morgan fingerprint density at radius 3 is 2.53 bits per heavy atom. The topological polar surface area (TPSA) is 52.0 Å². The predicted molar refractivity (Wildman–Crippen MR) is 66.7 cm³/mol. The third-order valence-corrected chi connectivity index (χ3v) is 3.86. The van der Waals surface area contributed by atoms with Gasteiger partial charge in [-0.15, -0.1) is 0 Å². The van der Waals surface area contributed by atoms with E-state index in [1.807, 2.05) is 0 Å². The summed E-state index contributed by atoms with van der Waals surface area (Å²) in [6, 6.07) is 0.402. The molecule has 0 saturated heterocycles. The van der Waals surface area contributed by atoms with Gasteiger partial charge in [0.15, 0.2) is 0 Å². The van der Waals surface area contributed by atoms with Crippen LogP contribution in [0.15, 0.2) is 0 Å². The van der Waals surface area contributed by atoms with Gasteiger partial charge >= 0.3 is 0 Å². The van der Waals surface area contributed by atoms with Crippen LogP contribution in [0.25, 0.3) is 0 Å². The summed E-state index contributed by atoms with van der Waals surface area (Å²) in [5.74, 6) is 0. The first-order chi connectivity index (χ1) is 7.16. The van der Waals surface area contributed by atoms with Crippen LogP contribution in [0.3, 0.4) is 0 Å². The van der Waals surface area contributed by atoms with Gasteiger partial charge < -0.3 is 11.5 Å². The van der Waals surface area contributed by atoms with Crippen molar-refractivity contribution in [3.8, 4) is 0 Å². The molecule has 1 saturated carbocycles. The molecule has 0 heterocycles. The van der Waals surface area contributed by atoms with Crippen LogP contribution in [0.4, 0.5) is 0 Å². The predicted octanol–water partition coefficient (Wildman–Crippen LogP) is 2.80. The summed E-state index contributed by atoms with van der Waals surface area (Å²) in [5, 5.41) is 0. The van der Waals surface area contributed by atoms with E-state index in [2.05, 4.69) is 6.92 Å². The fourth-order valence-corrected chi connectivity index (χ4v) is 2.90. The van der Waals surface area contributed by atoms with E-state index in [1.165, 1.54) is 51.4 Å². The van der Waals surface area contributed by atoms with E-state index in [9.17, 15) is 0 Å². The molecule has 0 aromatic carbocycles. The summed E-state index contributed by atoms with van der Waals surface area (Å²) in [6.45, 7) is 3.19. The first kappa shape index (κ1) is 13.0. The van der Waals surface area contributed by atoms with Crippen molar-refractivity contribution in [3.63, 3.8) is 0 Å². The molecule has 0 aliphatic heterocycles. The van der Waals surface area contributed by atoms with Gasteiger partial charge in [0.2, 0.25) is 0 Å². The van der Waals surface area contributed by atoms with Crippen LogP contribution >= 0.6 is 0 Å². The van der Waals surface area contributed by atoms with E-state index in [-0.39, 0.29) is 0 Å². The number of hydrogen-bond donors (Lipinski definition) is 2. The Balaban J connectivity index is 2.49. The highest BCUT2D eigenvalue weighted by Crippen LogP contribution is 2.34. The van der Waals surface area contributed by atoms with Crippen molar-refractivity contribution < 1.29 is 0 Å². The lowest BCUT2D eigenvalue weighted by Gasteiger charge is -2.33. The van der Waals surface area contributed by atoms with Crippen molar-refractivity contribution in [2.75, 3.05) is 6.54 Å². The average Bonchev–Trinajstić information content (AvgIpc) is 2.16. The van der Waals surface area contributed by atoms with E-state index in [0.29, 0.717) is 11.5 Å². The zero-order valence-corrected chi connectivity index (χ0v) is 10.3. The molecule has 15 heavy (non-hydrogen) atoms. The SMILES string of the molecule is CC1(CCN)CCCCCCCC(N)C1. The lowest BCUT2D eigenvalue weighted by atomic mass is 9.75. The summed E-state index contributed by atoms with van der Waals surface area (Å²) in [5.41, 5.74) is 12.3. The van der Waals surface area contributed by atoms with Crippen molar-refractivity contribution in [1.82, 2.24) is 0 Å². The standard InChI is InChI=1S/C13H28N2/c1-13(9-10-14)8-6-4-2-3-5-7-12(15)11-13/h12H,2-11,14-15H2,1H3. The van der Waals surface area contributed by atoms with Crippen molar-refractivity contribution in [2.24, 2.45) is 16.9 Å². The quantitative estimate of drug-likeness (QED) is 0.739. The summed E-state index contributed by atoms with van der Waals surface area (Å²) >= 11 is 0. The number of hydrogen-bond acceptors (Lipinski definition) is 2. The van der Waals surface area contributed by atoms with Gasteiger partial charge in [-0.3, -0.25) is 0 Å². The maximum Gasteiger partial charge on any atom is 0.00440 e. The first-order valence-electron chi connectivity index (χ1n) is 6.62. The second-order valence-electron chi connectivity index (χ2n) is 5.62. The molecule has 1 aliphatic rings. The minimum absolute atomic E-state index is 0.402. The highest BCUT2D eigenvalue weighted by Gasteiger charge is 2.26. The van der Waals surface area contributed by atoms with Gasteiger partial charge in [-0.25, -0.2) is 0 Å². The summed E-state index contributed by atoms with van der Waals surface area (Å²) in [6.07, 6.45) is 11.7. The fourth-order valence-electron chi connectivity index (χ4n) is 2.90. The molecule has 0 aromatic rings. The molecule has 2 heteroatoms. The summed E-state index contributed by atoms with van der Waals surface area (Å²) in [4.78, 5) is 0. The van der Waals surface area contributed by atoms with Crippen molar-refractivity contribution in [1.29, 1.82) is 0 Å². The molecule has 0 amide bonds. The summed E-state index contributed by atoms with van der Waals surface area (Å²) < 4.78 is 0. The maximum absolute atomic E-state index is 6.19. The van der Waals surface area contributed by atoms with E-state index < -0.39 is 0 Å². The highest BCUT2D eigenvalue weighted by molar-refractivity contribution is 4.80. The van der Waals surface area contributed by atoms with Crippen LogP contribution in [0.2, 0.25) is 0 Å². The Kier molecular flexibility index (Phi) is 5.62. The molecule has 90 valence electrons. The van der Waals surface area contributed by atoms with Gasteiger partial charge in [0.1, 0.15) is 0 Å². The first-order valence-corrected chi connectivity index (χ1v) is 6.62. The van der Waals surface area contributed by atoms with Crippen molar-refractivity contribution >= 4 is 0 Å². The van der Waals surface area contributed by atoms with Gasteiger partial charge in [0.05, 0.1) is 0 Å². The third-order valence-electron chi connectivity index (χ3n) is 3.86. The molecule has 4 N–H and O–H groups in total. The molecule has 1 rings (SSSR count). The van der Waals surface area contributed by atoms with Crippen molar-refractivity contribution in [3.05, 3.63) is 0 Å². The van der Waals surface area contributed by atoms with Gasteiger partial charge in [0.25, 0.3) is 0 Å². The van der Waals surface area contributed by atoms with Gasteiger partial charge in [0, 0.05) is 6.04 Å². The smallest absolute Gasteiger partial charge is 0.00440 e. The molecule has 1 fully saturated rings. The molecular formula is C13H28N2. The zero-order valence-electron chi connectivity index (χ0n) is 10.3. The monoisotopic (exact) mass is 212 g/mol. The van der Waals surface area contributed by atoms with Crippen LogP contribution in [-0.2, 0) is 0 Å². The molecule has 0 bridgehead atoms. The van der Waals surface area contributed by atoms with Crippen LogP contribution in [-0.4, -0.2) is 12.6 Å². The van der Waals surface area contributed by atoms with Gasteiger partial charge in [-0.2, -0.15) is 0 Å². The Labute approximate surface area is 94.8 Å². The molecule has 2 nitrogen and oxygen atoms in total. The van der Waals surface area contributed by atoms with E-state index in [0.717, 1.165) is 13.0 Å². The Morgan fingerprint density at radius 1 is 1.13 bits per heavy atom. The normalized spacial score (nSPS) is 35.0. The van der Waals surface area contributed by atoms with Crippen LogP contribution in [0, 0.1) is 5.41 Å². The molecule has 0 radical (unpaired) electrons. The number of rotatable bonds is 2. The summed E-state index contributed by atoms with van der Waals surface area (Å²) in [7, 11) is 0. The molecule has 0 spiro atoms. The zero-order chi connectivity index (χ0) is 11.1. The van der Waals surface area contributed by atoms with Gasteiger partial charge in [-0.1, -0.05) is 39.0 Å². The van der Waals surface area contributed by atoms with Crippen LogP contribution < -0.4 is 11.5 Å². The lowest BCUT2D eigenvalue weighted by Crippen LogP contribution is -2.31. The minimum atomic E-state index is 0.402. The molecule has 2 unspecified atom stereocenters. The minimum Gasteiger partial charge on any atom is -0.330 e. The third kappa shape index (κ3) is 4.98. The highest BCUT2D eigenvalue weighted by atomic mass is 14.6. The number of nitrogens with two attached hydrogens (primary N) is 2.